The summed E-state index contributed by atoms with van der Waals surface area (Å²) in [6, 6.07) is 4.85. The fraction of sp³-hybridized carbons (Fsp3) is 0.200. The quantitative estimate of drug-likeness (QED) is 0.865. The Kier molecular flexibility index (Phi) is 3.09. The van der Waals surface area contributed by atoms with Crippen LogP contribution in [0.15, 0.2) is 18.2 Å². The standard InChI is InChI=1S/C10H10ClN3OS/c1-5(12)9(15)14-10-13-7-3-2-6(11)4-8(7)16-10/h2-5H,12H2,1H3,(H,13,14,15). The molecule has 1 aromatic carbocycles. The molecule has 0 aliphatic rings. The summed E-state index contributed by atoms with van der Waals surface area (Å²) in [5.74, 6) is -0.245. The normalized spacial score (nSPS) is 12.7. The van der Waals surface area contributed by atoms with Crippen molar-refractivity contribution in [2.75, 3.05) is 5.32 Å². The van der Waals surface area contributed by atoms with E-state index in [9.17, 15) is 4.79 Å². The first-order valence-electron chi connectivity index (χ1n) is 4.69. The first-order valence-corrected chi connectivity index (χ1v) is 5.88. The number of hydrogen-bond acceptors (Lipinski definition) is 4. The van der Waals surface area contributed by atoms with E-state index in [-0.39, 0.29) is 5.91 Å². The molecule has 3 N–H and O–H groups in total. The Morgan fingerprint density at radius 1 is 1.62 bits per heavy atom. The molecule has 0 bridgehead atoms. The zero-order valence-corrected chi connectivity index (χ0v) is 10.1. The molecule has 1 unspecified atom stereocenters. The molecule has 0 aliphatic heterocycles. The van der Waals surface area contributed by atoms with Gasteiger partial charge in [-0.2, -0.15) is 0 Å². The predicted octanol–water partition coefficient (Wildman–Crippen LogP) is 2.24. The number of nitrogens with two attached hydrogens (primary N) is 1. The van der Waals surface area contributed by atoms with Crippen LogP contribution in [0, 0.1) is 0 Å². The van der Waals surface area contributed by atoms with Crippen LogP contribution in [0.3, 0.4) is 0 Å². The first kappa shape index (κ1) is 11.3. The zero-order chi connectivity index (χ0) is 11.7. The van der Waals surface area contributed by atoms with Crippen LogP contribution in [0.5, 0.6) is 0 Å². The summed E-state index contributed by atoms with van der Waals surface area (Å²) < 4.78 is 0.937. The number of rotatable bonds is 2. The summed E-state index contributed by atoms with van der Waals surface area (Å²) in [5.41, 5.74) is 6.26. The molecule has 0 aliphatic carbocycles. The van der Waals surface area contributed by atoms with E-state index in [0.29, 0.717) is 10.2 Å². The van der Waals surface area contributed by atoms with E-state index in [1.54, 1.807) is 13.0 Å². The molecule has 2 rings (SSSR count). The average molecular weight is 256 g/mol. The van der Waals surface area contributed by atoms with Gasteiger partial charge < -0.3 is 11.1 Å². The van der Waals surface area contributed by atoms with Crippen molar-refractivity contribution in [3.05, 3.63) is 23.2 Å². The van der Waals surface area contributed by atoms with Gasteiger partial charge in [-0.1, -0.05) is 22.9 Å². The van der Waals surface area contributed by atoms with E-state index < -0.39 is 6.04 Å². The molecule has 1 aromatic heterocycles. The molecule has 2 aromatic rings. The Bertz CT molecular complexity index is 538. The van der Waals surface area contributed by atoms with Crippen molar-refractivity contribution in [2.24, 2.45) is 5.73 Å². The van der Waals surface area contributed by atoms with Crippen LogP contribution >= 0.6 is 22.9 Å². The van der Waals surface area contributed by atoms with Gasteiger partial charge in [0.15, 0.2) is 5.13 Å². The topological polar surface area (TPSA) is 68.0 Å². The Morgan fingerprint density at radius 3 is 3.06 bits per heavy atom. The fourth-order valence-corrected chi connectivity index (χ4v) is 2.32. The van der Waals surface area contributed by atoms with Crippen LogP contribution in [-0.4, -0.2) is 16.9 Å². The van der Waals surface area contributed by atoms with Crippen LogP contribution in [-0.2, 0) is 4.79 Å². The lowest BCUT2D eigenvalue weighted by atomic mass is 10.3. The van der Waals surface area contributed by atoms with Gasteiger partial charge in [0.2, 0.25) is 5.91 Å². The third kappa shape index (κ3) is 2.32. The highest BCUT2D eigenvalue weighted by molar-refractivity contribution is 7.22. The summed E-state index contributed by atoms with van der Waals surface area (Å²) in [7, 11) is 0. The van der Waals surface area contributed by atoms with Gasteiger partial charge in [-0.25, -0.2) is 4.98 Å². The molecule has 16 heavy (non-hydrogen) atoms. The van der Waals surface area contributed by atoms with Crippen LogP contribution in [0.2, 0.25) is 5.02 Å². The lowest BCUT2D eigenvalue weighted by Crippen LogP contribution is -2.32. The highest BCUT2D eigenvalue weighted by Gasteiger charge is 2.10. The monoisotopic (exact) mass is 255 g/mol. The van der Waals surface area contributed by atoms with E-state index >= 15 is 0 Å². The lowest BCUT2D eigenvalue weighted by Gasteiger charge is -2.02. The predicted molar refractivity (Wildman–Crippen MR) is 66.9 cm³/mol. The molecule has 1 amide bonds. The van der Waals surface area contributed by atoms with Gasteiger partial charge in [0.25, 0.3) is 0 Å². The van der Waals surface area contributed by atoms with Gasteiger partial charge in [-0.15, -0.1) is 0 Å². The van der Waals surface area contributed by atoms with Crippen LogP contribution in [0.25, 0.3) is 10.2 Å². The average Bonchev–Trinajstić information content (AvgIpc) is 2.58. The number of fused-ring (bicyclic) bond motifs is 1. The molecule has 0 spiro atoms. The van der Waals surface area contributed by atoms with Gasteiger partial charge in [-0.3, -0.25) is 4.79 Å². The Balaban J connectivity index is 2.29. The van der Waals surface area contributed by atoms with E-state index in [1.807, 2.05) is 12.1 Å². The minimum absolute atomic E-state index is 0.245. The molecule has 0 fully saturated rings. The zero-order valence-electron chi connectivity index (χ0n) is 8.53. The molecule has 1 atom stereocenters. The van der Waals surface area contributed by atoms with Gasteiger partial charge in [0.1, 0.15) is 0 Å². The van der Waals surface area contributed by atoms with Crippen molar-refractivity contribution in [1.29, 1.82) is 0 Å². The highest BCUT2D eigenvalue weighted by atomic mass is 35.5. The second kappa shape index (κ2) is 4.37. The number of halogens is 1. The maximum absolute atomic E-state index is 11.4. The molecule has 1 heterocycles. The maximum Gasteiger partial charge on any atom is 0.242 e. The van der Waals surface area contributed by atoms with E-state index in [0.717, 1.165) is 10.2 Å². The lowest BCUT2D eigenvalue weighted by molar-refractivity contribution is -0.117. The van der Waals surface area contributed by atoms with Gasteiger partial charge in [0, 0.05) is 5.02 Å². The summed E-state index contributed by atoms with van der Waals surface area (Å²) in [6.45, 7) is 1.62. The second-order valence-electron chi connectivity index (χ2n) is 3.41. The highest BCUT2D eigenvalue weighted by Crippen LogP contribution is 2.28. The number of nitrogens with one attached hydrogen (secondary N) is 1. The summed E-state index contributed by atoms with van der Waals surface area (Å²) in [6.07, 6.45) is 0. The second-order valence-corrected chi connectivity index (χ2v) is 4.88. The number of benzene rings is 1. The minimum atomic E-state index is -0.546. The van der Waals surface area contributed by atoms with Crippen molar-refractivity contribution >= 4 is 44.2 Å². The van der Waals surface area contributed by atoms with Crippen molar-refractivity contribution < 1.29 is 4.79 Å². The van der Waals surface area contributed by atoms with E-state index in [2.05, 4.69) is 10.3 Å². The number of carbonyl (C=O) groups is 1. The number of thiazole rings is 1. The third-order valence-corrected chi connectivity index (χ3v) is 3.16. The number of aromatic nitrogens is 1. The summed E-state index contributed by atoms with van der Waals surface area (Å²) >= 11 is 7.23. The Hall–Kier alpha value is -1.17. The van der Waals surface area contributed by atoms with Crippen LogP contribution < -0.4 is 11.1 Å². The first-order chi connectivity index (χ1) is 7.56. The SMILES string of the molecule is CC(N)C(=O)Nc1nc2ccc(Cl)cc2s1. The van der Waals surface area contributed by atoms with Gasteiger partial charge in [0.05, 0.1) is 16.3 Å². The van der Waals surface area contributed by atoms with Crippen molar-refractivity contribution in [3.8, 4) is 0 Å². The summed E-state index contributed by atoms with van der Waals surface area (Å²) in [4.78, 5) is 15.6. The van der Waals surface area contributed by atoms with Crippen LogP contribution in [0.4, 0.5) is 5.13 Å². The largest absolute Gasteiger partial charge is 0.320 e. The number of hydrogen-bond donors (Lipinski definition) is 2. The molecular weight excluding hydrogens is 246 g/mol. The maximum atomic E-state index is 11.4. The number of nitrogens with zero attached hydrogens (tertiary/aromatic N) is 1. The molecule has 0 saturated carbocycles. The van der Waals surface area contributed by atoms with Gasteiger partial charge >= 0.3 is 0 Å². The van der Waals surface area contributed by atoms with Crippen molar-refractivity contribution in [3.63, 3.8) is 0 Å². The third-order valence-electron chi connectivity index (χ3n) is 1.99. The number of carbonyl (C=O) groups excluding carboxylic acids is 1. The number of amides is 1. The Labute approximate surface area is 101 Å². The fourth-order valence-electron chi connectivity index (χ4n) is 1.17. The minimum Gasteiger partial charge on any atom is -0.320 e. The molecule has 0 radical (unpaired) electrons. The molecule has 4 nitrogen and oxygen atoms in total. The molecular formula is C10H10ClN3OS. The van der Waals surface area contributed by atoms with Gasteiger partial charge in [-0.05, 0) is 25.1 Å². The van der Waals surface area contributed by atoms with E-state index in [1.165, 1.54) is 11.3 Å². The summed E-state index contributed by atoms with van der Waals surface area (Å²) in [5, 5.41) is 3.85. The molecule has 84 valence electrons. The van der Waals surface area contributed by atoms with Crippen molar-refractivity contribution in [2.45, 2.75) is 13.0 Å². The molecule has 6 heteroatoms. The number of anilines is 1. The smallest absolute Gasteiger partial charge is 0.242 e. The van der Waals surface area contributed by atoms with Crippen LogP contribution in [0.1, 0.15) is 6.92 Å². The van der Waals surface area contributed by atoms with E-state index in [4.69, 9.17) is 17.3 Å². The molecule has 0 saturated heterocycles. The van der Waals surface area contributed by atoms with Crippen molar-refractivity contribution in [1.82, 2.24) is 4.98 Å². The Morgan fingerprint density at radius 2 is 2.38 bits per heavy atom.